The summed E-state index contributed by atoms with van der Waals surface area (Å²) in [5.74, 6) is 1.54. The summed E-state index contributed by atoms with van der Waals surface area (Å²) in [4.78, 5) is 12.4. The molecule has 0 amide bonds. The first-order valence-corrected chi connectivity index (χ1v) is 12.4. The maximum absolute atomic E-state index is 13.6. The van der Waals surface area contributed by atoms with E-state index in [0.717, 1.165) is 72.3 Å². The number of aryl methyl sites for hydroxylation is 1. The van der Waals surface area contributed by atoms with Gasteiger partial charge in [-0.05, 0) is 54.3 Å². The number of oxime groups is 1. The highest BCUT2D eigenvalue weighted by atomic mass is 19.1. The first-order chi connectivity index (χ1) is 17.6. The molecule has 5 heterocycles. The third kappa shape index (κ3) is 3.51. The molecule has 0 aliphatic carbocycles. The topological polar surface area (TPSA) is 61.1 Å². The van der Waals surface area contributed by atoms with Gasteiger partial charge >= 0.3 is 0 Å². The van der Waals surface area contributed by atoms with Crippen LogP contribution in [0.25, 0.3) is 11.8 Å². The van der Waals surface area contributed by atoms with Crippen molar-refractivity contribution >= 4 is 11.9 Å². The summed E-state index contributed by atoms with van der Waals surface area (Å²) in [5.41, 5.74) is 6.53. The van der Waals surface area contributed by atoms with Gasteiger partial charge in [-0.15, -0.1) is 0 Å². The summed E-state index contributed by atoms with van der Waals surface area (Å²) in [5, 5.41) is 4.52. The van der Waals surface area contributed by atoms with Crippen LogP contribution in [0.2, 0.25) is 0 Å². The van der Waals surface area contributed by atoms with E-state index >= 15 is 0 Å². The number of amidine groups is 1. The van der Waals surface area contributed by atoms with Crippen LogP contribution >= 0.6 is 0 Å². The Hall–Kier alpha value is -3.65. The fraction of sp³-hybridized carbons (Fsp3) is 0.357. The minimum Gasteiger partial charge on any atom is -0.491 e. The van der Waals surface area contributed by atoms with Crippen molar-refractivity contribution in [3.05, 3.63) is 82.7 Å². The smallest absolute Gasteiger partial charge is 0.172 e. The Morgan fingerprint density at radius 1 is 1.14 bits per heavy atom. The van der Waals surface area contributed by atoms with Crippen molar-refractivity contribution in [2.24, 2.45) is 10.6 Å². The van der Waals surface area contributed by atoms with Gasteiger partial charge in [0.2, 0.25) is 0 Å². The second-order valence-electron chi connectivity index (χ2n) is 10.2. The lowest BCUT2D eigenvalue weighted by Gasteiger charge is -2.52. The summed E-state index contributed by atoms with van der Waals surface area (Å²) in [6, 6.07) is 10.9. The van der Waals surface area contributed by atoms with Crippen LogP contribution in [0, 0.1) is 18.2 Å². The number of halogens is 1. The van der Waals surface area contributed by atoms with E-state index in [1.54, 1.807) is 0 Å². The SMILES string of the molecule is Cc1cn(-c2ccc(/C=C3\CC4(COC4)CN4C3=NOCC4c3ccc(F)cc3)c3c2OCC3)cn1. The predicted molar refractivity (Wildman–Crippen MR) is 133 cm³/mol. The number of benzene rings is 2. The molecular weight excluding hydrogens is 459 g/mol. The van der Waals surface area contributed by atoms with E-state index in [0.29, 0.717) is 13.2 Å². The van der Waals surface area contributed by atoms with Gasteiger partial charge in [-0.1, -0.05) is 23.4 Å². The summed E-state index contributed by atoms with van der Waals surface area (Å²) in [7, 11) is 0. The average molecular weight is 487 g/mol. The highest BCUT2D eigenvalue weighted by molar-refractivity contribution is 6.03. The molecule has 2 aromatic carbocycles. The minimum absolute atomic E-state index is 0.0276. The Bertz CT molecular complexity index is 1390. The Balaban J connectivity index is 1.29. The predicted octanol–water partition coefficient (Wildman–Crippen LogP) is 4.45. The van der Waals surface area contributed by atoms with Crippen molar-refractivity contribution in [2.75, 3.05) is 33.0 Å². The Morgan fingerprint density at radius 3 is 2.75 bits per heavy atom. The summed E-state index contributed by atoms with van der Waals surface area (Å²) >= 11 is 0. The number of aromatic nitrogens is 2. The lowest BCUT2D eigenvalue weighted by atomic mass is 9.74. The number of hydrogen-bond donors (Lipinski definition) is 0. The second-order valence-corrected chi connectivity index (χ2v) is 10.2. The van der Waals surface area contributed by atoms with Gasteiger partial charge in [0.25, 0.3) is 0 Å². The van der Waals surface area contributed by atoms with Crippen LogP contribution in [0.1, 0.15) is 34.8 Å². The molecule has 7 nitrogen and oxygen atoms in total. The maximum atomic E-state index is 13.6. The standard InChI is InChI=1S/C28H27FN4O3/c1-18-12-32(17-30-18)24-7-4-20(23-8-9-35-26(23)24)10-21-11-28(15-34-16-28)14-33-25(13-36-31-27(21)33)19-2-5-22(29)6-3-19/h2-7,10,12,17,25H,8-9,11,13-16H2,1H3/b21-10+. The van der Waals surface area contributed by atoms with Crippen molar-refractivity contribution < 1.29 is 18.7 Å². The molecule has 2 fully saturated rings. The fourth-order valence-electron chi connectivity index (χ4n) is 5.83. The minimum atomic E-state index is -0.238. The van der Waals surface area contributed by atoms with Crippen molar-refractivity contribution in [1.82, 2.24) is 14.5 Å². The van der Waals surface area contributed by atoms with Gasteiger partial charge in [-0.25, -0.2) is 9.37 Å². The number of ether oxygens (including phenoxy) is 2. The van der Waals surface area contributed by atoms with E-state index in [4.69, 9.17) is 14.3 Å². The molecule has 2 saturated heterocycles. The molecule has 0 saturated carbocycles. The summed E-state index contributed by atoms with van der Waals surface area (Å²) < 4.78 is 27.4. The first-order valence-electron chi connectivity index (χ1n) is 12.4. The lowest BCUT2D eigenvalue weighted by molar-refractivity contribution is -0.131. The molecule has 7 rings (SSSR count). The van der Waals surface area contributed by atoms with E-state index < -0.39 is 0 Å². The maximum Gasteiger partial charge on any atom is 0.172 e. The molecule has 1 aromatic heterocycles. The van der Waals surface area contributed by atoms with Crippen molar-refractivity contribution in [3.8, 4) is 11.4 Å². The van der Waals surface area contributed by atoms with E-state index in [9.17, 15) is 4.39 Å². The molecule has 0 radical (unpaired) electrons. The van der Waals surface area contributed by atoms with Gasteiger partial charge in [0, 0.05) is 30.1 Å². The molecule has 8 heteroatoms. The van der Waals surface area contributed by atoms with Crippen LogP contribution in [0.15, 0.2) is 59.7 Å². The quantitative estimate of drug-likeness (QED) is 0.548. The van der Waals surface area contributed by atoms with Gasteiger partial charge < -0.3 is 23.8 Å². The normalized spacial score (nSPS) is 22.9. The number of rotatable bonds is 3. The van der Waals surface area contributed by atoms with E-state index in [1.165, 1.54) is 17.7 Å². The zero-order valence-corrected chi connectivity index (χ0v) is 20.1. The van der Waals surface area contributed by atoms with Gasteiger partial charge in [-0.3, -0.25) is 0 Å². The second kappa shape index (κ2) is 8.20. The number of piperidine rings is 1. The van der Waals surface area contributed by atoms with Gasteiger partial charge in [0.05, 0.1) is 43.6 Å². The Kier molecular flexibility index (Phi) is 4.92. The van der Waals surface area contributed by atoms with Crippen molar-refractivity contribution in [1.29, 1.82) is 0 Å². The molecule has 184 valence electrons. The third-order valence-electron chi connectivity index (χ3n) is 7.66. The third-order valence-corrected chi connectivity index (χ3v) is 7.66. The average Bonchev–Trinajstić information content (AvgIpc) is 3.53. The fourth-order valence-corrected chi connectivity index (χ4v) is 5.83. The molecule has 36 heavy (non-hydrogen) atoms. The van der Waals surface area contributed by atoms with E-state index in [1.807, 2.05) is 36.1 Å². The zero-order valence-electron chi connectivity index (χ0n) is 20.1. The molecule has 0 N–H and O–H groups in total. The van der Waals surface area contributed by atoms with Crippen LogP contribution in [-0.4, -0.2) is 53.3 Å². The molecule has 4 aliphatic rings. The first kappa shape index (κ1) is 21.6. The number of fused-ring (bicyclic) bond motifs is 2. The molecule has 1 unspecified atom stereocenters. The highest BCUT2D eigenvalue weighted by Crippen LogP contribution is 2.45. The molecule has 1 atom stereocenters. The summed E-state index contributed by atoms with van der Waals surface area (Å²) in [6.07, 6.45) is 7.82. The van der Waals surface area contributed by atoms with Gasteiger partial charge in [-0.2, -0.15) is 0 Å². The number of hydrogen-bond acceptors (Lipinski definition) is 6. The van der Waals surface area contributed by atoms with Crippen LogP contribution in [0.5, 0.6) is 5.75 Å². The molecule has 1 spiro atoms. The van der Waals surface area contributed by atoms with Crippen LogP contribution in [0.4, 0.5) is 4.39 Å². The zero-order chi connectivity index (χ0) is 24.3. The van der Waals surface area contributed by atoms with E-state index in [2.05, 4.69) is 33.2 Å². The summed E-state index contributed by atoms with van der Waals surface area (Å²) in [6.45, 7) is 5.38. The molecule has 0 bridgehead atoms. The van der Waals surface area contributed by atoms with Gasteiger partial charge in [0.1, 0.15) is 18.2 Å². The van der Waals surface area contributed by atoms with Crippen LogP contribution in [-0.2, 0) is 16.0 Å². The van der Waals surface area contributed by atoms with Crippen LogP contribution < -0.4 is 4.74 Å². The monoisotopic (exact) mass is 486 g/mol. The molecule has 3 aromatic rings. The van der Waals surface area contributed by atoms with E-state index in [-0.39, 0.29) is 17.3 Å². The van der Waals surface area contributed by atoms with Crippen molar-refractivity contribution in [2.45, 2.75) is 25.8 Å². The Labute approximate surface area is 208 Å². The number of imidazole rings is 1. The molecular formula is C28H27FN4O3. The van der Waals surface area contributed by atoms with Crippen molar-refractivity contribution in [3.63, 3.8) is 0 Å². The number of nitrogens with zero attached hydrogens (tertiary/aromatic N) is 4. The largest absolute Gasteiger partial charge is 0.491 e. The Morgan fingerprint density at radius 2 is 2.00 bits per heavy atom. The lowest BCUT2D eigenvalue weighted by Crippen LogP contribution is -2.58. The molecule has 4 aliphatic heterocycles. The van der Waals surface area contributed by atoms with Gasteiger partial charge in [0.15, 0.2) is 5.84 Å². The highest BCUT2D eigenvalue weighted by Gasteiger charge is 2.49. The van der Waals surface area contributed by atoms with Crippen LogP contribution in [0.3, 0.4) is 0 Å².